The summed E-state index contributed by atoms with van der Waals surface area (Å²) < 4.78 is 31.2. The van der Waals surface area contributed by atoms with E-state index >= 15 is 0 Å². The van der Waals surface area contributed by atoms with E-state index in [9.17, 15) is 8.78 Å². The van der Waals surface area contributed by atoms with Gasteiger partial charge in [0.1, 0.15) is 5.75 Å². The van der Waals surface area contributed by atoms with Crippen molar-refractivity contribution >= 4 is 0 Å². The first-order valence-electron chi connectivity index (χ1n) is 6.26. The standard InChI is InChI=1S/C14H15F2N3O/c1-3-17-7-10-8-18-14(19-9(10)2)20-11-4-5-12(15)13(16)6-11/h4-6,8,17H,3,7H2,1-2H3. The second kappa shape index (κ2) is 6.38. The summed E-state index contributed by atoms with van der Waals surface area (Å²) in [6.45, 7) is 5.38. The summed E-state index contributed by atoms with van der Waals surface area (Å²) in [6.07, 6.45) is 1.65. The highest BCUT2D eigenvalue weighted by Gasteiger charge is 2.08. The molecular formula is C14H15F2N3O. The van der Waals surface area contributed by atoms with Gasteiger partial charge >= 0.3 is 6.01 Å². The topological polar surface area (TPSA) is 47.0 Å². The maximum absolute atomic E-state index is 13.1. The first-order valence-corrected chi connectivity index (χ1v) is 6.26. The van der Waals surface area contributed by atoms with E-state index in [1.54, 1.807) is 6.20 Å². The predicted molar refractivity (Wildman–Crippen MR) is 70.6 cm³/mol. The molecule has 2 rings (SSSR count). The molecule has 20 heavy (non-hydrogen) atoms. The Labute approximate surface area is 115 Å². The summed E-state index contributed by atoms with van der Waals surface area (Å²) in [7, 11) is 0. The average Bonchev–Trinajstić information content (AvgIpc) is 2.42. The number of benzene rings is 1. The van der Waals surface area contributed by atoms with Crippen LogP contribution in [0.25, 0.3) is 0 Å². The average molecular weight is 279 g/mol. The Morgan fingerprint density at radius 1 is 1.25 bits per heavy atom. The molecule has 6 heteroatoms. The van der Waals surface area contributed by atoms with Crippen molar-refractivity contribution in [2.24, 2.45) is 0 Å². The van der Waals surface area contributed by atoms with E-state index in [2.05, 4.69) is 15.3 Å². The monoisotopic (exact) mass is 279 g/mol. The Morgan fingerprint density at radius 3 is 2.70 bits per heavy atom. The van der Waals surface area contributed by atoms with Crippen molar-refractivity contribution < 1.29 is 13.5 Å². The lowest BCUT2D eigenvalue weighted by atomic mass is 10.2. The van der Waals surface area contributed by atoms with E-state index in [1.807, 2.05) is 13.8 Å². The first kappa shape index (κ1) is 14.3. The molecule has 2 aromatic rings. The van der Waals surface area contributed by atoms with Crippen LogP contribution in [0.2, 0.25) is 0 Å². The maximum Gasteiger partial charge on any atom is 0.322 e. The summed E-state index contributed by atoms with van der Waals surface area (Å²) in [5.41, 5.74) is 1.74. The van der Waals surface area contributed by atoms with E-state index in [0.717, 1.165) is 29.9 Å². The molecule has 0 spiro atoms. The Balaban J connectivity index is 2.13. The highest BCUT2D eigenvalue weighted by Crippen LogP contribution is 2.20. The van der Waals surface area contributed by atoms with E-state index < -0.39 is 11.6 Å². The van der Waals surface area contributed by atoms with Gasteiger partial charge in [0.25, 0.3) is 0 Å². The molecule has 1 aromatic heterocycles. The third-order valence-corrected chi connectivity index (χ3v) is 2.72. The lowest BCUT2D eigenvalue weighted by molar-refractivity contribution is 0.428. The van der Waals surface area contributed by atoms with Crippen molar-refractivity contribution in [2.75, 3.05) is 6.54 Å². The van der Waals surface area contributed by atoms with Crippen molar-refractivity contribution in [1.29, 1.82) is 0 Å². The van der Waals surface area contributed by atoms with Crippen molar-refractivity contribution in [3.05, 3.63) is 47.3 Å². The number of hydrogen-bond acceptors (Lipinski definition) is 4. The zero-order valence-electron chi connectivity index (χ0n) is 11.3. The SMILES string of the molecule is CCNCc1cnc(Oc2ccc(F)c(F)c2)nc1C. The fourth-order valence-electron chi connectivity index (χ4n) is 1.60. The van der Waals surface area contributed by atoms with E-state index in [-0.39, 0.29) is 11.8 Å². The van der Waals surface area contributed by atoms with Gasteiger partial charge in [-0.25, -0.2) is 13.8 Å². The summed E-state index contributed by atoms with van der Waals surface area (Å²) >= 11 is 0. The van der Waals surface area contributed by atoms with Crippen LogP contribution in [-0.2, 0) is 6.54 Å². The minimum atomic E-state index is -0.969. The molecule has 0 saturated heterocycles. The zero-order chi connectivity index (χ0) is 14.5. The number of aromatic nitrogens is 2. The minimum absolute atomic E-state index is 0.105. The summed E-state index contributed by atoms with van der Waals surface area (Å²) in [6, 6.07) is 3.38. The minimum Gasteiger partial charge on any atom is -0.424 e. The number of halogens is 2. The van der Waals surface area contributed by atoms with Crippen LogP contribution in [0.5, 0.6) is 11.8 Å². The molecule has 0 fully saturated rings. The van der Waals surface area contributed by atoms with Crippen LogP contribution >= 0.6 is 0 Å². The van der Waals surface area contributed by atoms with E-state index in [1.165, 1.54) is 6.07 Å². The highest BCUT2D eigenvalue weighted by molar-refractivity contribution is 5.27. The molecule has 0 aliphatic carbocycles. The predicted octanol–water partition coefficient (Wildman–Crippen LogP) is 2.97. The van der Waals surface area contributed by atoms with Crippen molar-refractivity contribution in [2.45, 2.75) is 20.4 Å². The third kappa shape index (κ3) is 3.48. The third-order valence-electron chi connectivity index (χ3n) is 2.72. The molecule has 0 radical (unpaired) electrons. The molecule has 0 aliphatic rings. The maximum atomic E-state index is 13.1. The van der Waals surface area contributed by atoms with E-state index in [0.29, 0.717) is 6.54 Å². The van der Waals surface area contributed by atoms with Gasteiger partial charge in [-0.15, -0.1) is 0 Å². The molecule has 0 bridgehead atoms. The Kier molecular flexibility index (Phi) is 4.57. The Hall–Kier alpha value is -2.08. The number of aryl methyl sites for hydroxylation is 1. The summed E-state index contributed by atoms with van der Waals surface area (Å²) in [5, 5.41) is 3.18. The van der Waals surface area contributed by atoms with Gasteiger partial charge in [-0.3, -0.25) is 0 Å². The number of rotatable bonds is 5. The largest absolute Gasteiger partial charge is 0.424 e. The fraction of sp³-hybridized carbons (Fsp3) is 0.286. The zero-order valence-corrected chi connectivity index (χ0v) is 11.3. The molecule has 0 saturated carbocycles. The normalized spacial score (nSPS) is 10.6. The lowest BCUT2D eigenvalue weighted by Gasteiger charge is -2.08. The van der Waals surface area contributed by atoms with Gasteiger partial charge in [0, 0.05) is 30.1 Å². The van der Waals surface area contributed by atoms with Crippen LogP contribution in [0.3, 0.4) is 0 Å². The highest BCUT2D eigenvalue weighted by atomic mass is 19.2. The first-order chi connectivity index (χ1) is 9.60. The van der Waals surface area contributed by atoms with Gasteiger partial charge < -0.3 is 10.1 Å². The molecule has 1 N–H and O–H groups in total. The number of nitrogens with zero attached hydrogens (tertiary/aromatic N) is 2. The van der Waals surface area contributed by atoms with Crippen LogP contribution in [-0.4, -0.2) is 16.5 Å². The summed E-state index contributed by atoms with van der Waals surface area (Å²) in [4.78, 5) is 8.23. The number of nitrogens with one attached hydrogen (secondary N) is 1. The van der Waals surface area contributed by atoms with E-state index in [4.69, 9.17) is 4.74 Å². The van der Waals surface area contributed by atoms with Gasteiger partial charge in [0.05, 0.1) is 0 Å². The van der Waals surface area contributed by atoms with Crippen molar-refractivity contribution in [3.8, 4) is 11.8 Å². The van der Waals surface area contributed by atoms with Crippen molar-refractivity contribution in [3.63, 3.8) is 0 Å². The summed E-state index contributed by atoms with van der Waals surface area (Å²) in [5.74, 6) is -1.74. The second-order valence-corrected chi connectivity index (χ2v) is 4.22. The van der Waals surface area contributed by atoms with Gasteiger partial charge in [0.15, 0.2) is 11.6 Å². The van der Waals surface area contributed by atoms with Crippen molar-refractivity contribution in [1.82, 2.24) is 15.3 Å². The molecule has 0 aliphatic heterocycles. The van der Waals surface area contributed by atoms with Crippen LogP contribution in [0.15, 0.2) is 24.4 Å². The molecule has 1 heterocycles. The van der Waals surface area contributed by atoms with Gasteiger partial charge in [-0.1, -0.05) is 6.92 Å². The molecule has 1 aromatic carbocycles. The van der Waals surface area contributed by atoms with Gasteiger partial charge in [-0.05, 0) is 25.6 Å². The molecule has 0 atom stereocenters. The molecule has 0 amide bonds. The Morgan fingerprint density at radius 2 is 2.05 bits per heavy atom. The van der Waals surface area contributed by atoms with Gasteiger partial charge in [0.2, 0.25) is 0 Å². The number of ether oxygens (including phenoxy) is 1. The smallest absolute Gasteiger partial charge is 0.322 e. The molecule has 0 unspecified atom stereocenters. The molecule has 106 valence electrons. The Bertz CT molecular complexity index is 605. The van der Waals surface area contributed by atoms with Crippen LogP contribution in [0.1, 0.15) is 18.2 Å². The quantitative estimate of drug-likeness (QED) is 0.914. The van der Waals surface area contributed by atoms with Crippen LogP contribution in [0.4, 0.5) is 8.78 Å². The molecular weight excluding hydrogens is 264 g/mol. The molecule has 4 nitrogen and oxygen atoms in total. The number of hydrogen-bond donors (Lipinski definition) is 1. The fourth-order valence-corrected chi connectivity index (χ4v) is 1.60. The van der Waals surface area contributed by atoms with Crippen LogP contribution in [0, 0.1) is 18.6 Å². The second-order valence-electron chi connectivity index (χ2n) is 4.22. The van der Waals surface area contributed by atoms with Gasteiger partial charge in [-0.2, -0.15) is 4.98 Å². The lowest BCUT2D eigenvalue weighted by Crippen LogP contribution is -2.13. The van der Waals surface area contributed by atoms with Crippen LogP contribution < -0.4 is 10.1 Å².